The number of aryl methyl sites for hydroxylation is 1. The molecule has 2 aromatic carbocycles. The predicted molar refractivity (Wildman–Crippen MR) is 108 cm³/mol. The van der Waals surface area contributed by atoms with Crippen molar-refractivity contribution in [2.45, 2.75) is 46.7 Å². The highest BCUT2D eigenvalue weighted by molar-refractivity contribution is 5.93. The van der Waals surface area contributed by atoms with Crippen LogP contribution in [-0.4, -0.2) is 25.2 Å². The lowest BCUT2D eigenvalue weighted by molar-refractivity contribution is -0.709. The molecule has 5 heteroatoms. The molecule has 5 nitrogen and oxygen atoms in total. The molecular weight excluding hydrogens is 340 g/mol. The van der Waals surface area contributed by atoms with Gasteiger partial charge in [0.15, 0.2) is 17.5 Å². The van der Waals surface area contributed by atoms with Crippen molar-refractivity contribution < 1.29 is 19.6 Å². The van der Waals surface area contributed by atoms with Crippen LogP contribution >= 0.6 is 0 Å². The predicted octanol–water partition coefficient (Wildman–Crippen LogP) is 3.44. The average molecular weight is 372 g/mol. The third-order valence-electron chi connectivity index (χ3n) is 4.40. The molecule has 1 amide bonds. The molecule has 0 aliphatic rings. The summed E-state index contributed by atoms with van der Waals surface area (Å²) in [5.41, 5.74) is 3.08. The summed E-state index contributed by atoms with van der Waals surface area (Å²) >= 11 is 0. The van der Waals surface area contributed by atoms with Crippen LogP contribution in [0.25, 0.3) is 0 Å². The third kappa shape index (κ3) is 6.00. The highest BCUT2D eigenvalue weighted by Crippen LogP contribution is 2.30. The number of hydrogen-bond acceptors (Lipinski definition) is 3. The second-order valence-corrected chi connectivity index (χ2v) is 6.70. The van der Waals surface area contributed by atoms with Gasteiger partial charge in [-0.15, -0.1) is 0 Å². The van der Waals surface area contributed by atoms with E-state index in [2.05, 4.69) is 17.6 Å². The van der Waals surface area contributed by atoms with E-state index in [0.29, 0.717) is 13.2 Å². The molecule has 0 heterocycles. The number of nitrogens with one attached hydrogen (secondary N) is 1. The fraction of sp³-hybridized carbons (Fsp3) is 0.409. The minimum atomic E-state index is -0.219. The zero-order chi connectivity index (χ0) is 19.8. The summed E-state index contributed by atoms with van der Waals surface area (Å²) in [6.07, 6.45) is 0. The molecule has 0 aliphatic heterocycles. The van der Waals surface area contributed by atoms with Gasteiger partial charge in [0, 0.05) is 11.3 Å². The van der Waals surface area contributed by atoms with Gasteiger partial charge in [-0.05, 0) is 65.0 Å². The molecule has 0 bridgehead atoms. The minimum Gasteiger partial charge on any atom is -0.490 e. The summed E-state index contributed by atoms with van der Waals surface area (Å²) in [5.74, 6) is 1.48. The number of quaternary nitrogens is 1. The van der Waals surface area contributed by atoms with Crippen LogP contribution in [0.4, 0.5) is 5.69 Å². The first kappa shape index (κ1) is 20.8. The van der Waals surface area contributed by atoms with Gasteiger partial charge in [-0.2, -0.15) is 0 Å². The summed E-state index contributed by atoms with van der Waals surface area (Å²) < 4.78 is 11.3. The fourth-order valence-corrected chi connectivity index (χ4v) is 2.88. The van der Waals surface area contributed by atoms with Crippen molar-refractivity contribution in [3.63, 3.8) is 0 Å². The highest BCUT2D eigenvalue weighted by atomic mass is 16.5. The molecule has 3 N–H and O–H groups in total. The van der Waals surface area contributed by atoms with Crippen LogP contribution in [0.3, 0.4) is 0 Å². The Morgan fingerprint density at radius 2 is 1.63 bits per heavy atom. The first-order valence-electron chi connectivity index (χ1n) is 9.56. The van der Waals surface area contributed by atoms with Crippen LogP contribution in [0.5, 0.6) is 11.5 Å². The second kappa shape index (κ2) is 9.97. The Hall–Kier alpha value is -2.53. The van der Waals surface area contributed by atoms with E-state index in [9.17, 15) is 4.79 Å². The zero-order valence-electron chi connectivity index (χ0n) is 16.9. The molecular formula is C22H31N2O3+. The van der Waals surface area contributed by atoms with E-state index < -0.39 is 0 Å². The number of benzene rings is 2. The summed E-state index contributed by atoms with van der Waals surface area (Å²) in [4.78, 5) is 12.5. The number of hydrogen-bond donors (Lipinski definition) is 2. The van der Waals surface area contributed by atoms with Crippen molar-refractivity contribution in [2.75, 3.05) is 18.5 Å². The quantitative estimate of drug-likeness (QED) is 0.710. The number of rotatable bonds is 9. The molecule has 27 heavy (non-hydrogen) atoms. The summed E-state index contributed by atoms with van der Waals surface area (Å²) in [6.45, 7) is 11.1. The van der Waals surface area contributed by atoms with E-state index in [0.717, 1.165) is 22.7 Å². The van der Waals surface area contributed by atoms with Gasteiger partial charge < -0.3 is 20.1 Å². The molecule has 0 saturated heterocycles. The maximum Gasteiger partial charge on any atom is 0.282 e. The molecule has 2 rings (SSSR count). The molecule has 0 spiro atoms. The number of anilines is 1. The first-order valence-corrected chi connectivity index (χ1v) is 9.56. The number of carbonyl (C=O) groups excluding carboxylic acids is 1. The van der Waals surface area contributed by atoms with E-state index >= 15 is 0 Å². The van der Waals surface area contributed by atoms with Gasteiger partial charge in [0.1, 0.15) is 6.04 Å². The van der Waals surface area contributed by atoms with Crippen molar-refractivity contribution in [3.8, 4) is 11.5 Å². The largest absolute Gasteiger partial charge is 0.490 e. The van der Waals surface area contributed by atoms with Gasteiger partial charge in [0.2, 0.25) is 0 Å². The minimum absolute atomic E-state index is 0.0123. The van der Waals surface area contributed by atoms with Crippen LogP contribution in [0.15, 0.2) is 42.5 Å². The smallest absolute Gasteiger partial charge is 0.282 e. The van der Waals surface area contributed by atoms with Crippen LogP contribution < -0.4 is 20.1 Å². The molecule has 0 fully saturated rings. The molecule has 2 aromatic rings. The monoisotopic (exact) mass is 371 g/mol. The topological polar surface area (TPSA) is 64.2 Å². The molecule has 146 valence electrons. The summed E-state index contributed by atoms with van der Waals surface area (Å²) in [5, 5.41) is 5.02. The lowest BCUT2D eigenvalue weighted by Gasteiger charge is -2.18. The molecule has 0 saturated carbocycles. The van der Waals surface area contributed by atoms with E-state index in [1.807, 2.05) is 70.2 Å². The SMILES string of the molecule is CCOc1ccc([C@H](C)[NH2+][C@H](C)C(=O)Nc2ccc(C)cc2)cc1OCC. The van der Waals surface area contributed by atoms with E-state index in [1.54, 1.807) is 0 Å². The van der Waals surface area contributed by atoms with Crippen molar-refractivity contribution in [2.24, 2.45) is 0 Å². The number of carbonyl (C=O) groups is 1. The Kier molecular flexibility index (Phi) is 7.67. The van der Waals surface area contributed by atoms with Gasteiger partial charge in [0.05, 0.1) is 13.2 Å². The fourth-order valence-electron chi connectivity index (χ4n) is 2.88. The van der Waals surface area contributed by atoms with Gasteiger partial charge in [0.25, 0.3) is 5.91 Å². The van der Waals surface area contributed by atoms with Crippen molar-refractivity contribution in [3.05, 3.63) is 53.6 Å². The van der Waals surface area contributed by atoms with E-state index in [-0.39, 0.29) is 18.0 Å². The standard InChI is InChI=1S/C22H30N2O3/c1-6-26-20-13-10-18(14-21(20)27-7-2)16(4)23-17(5)22(25)24-19-11-8-15(3)9-12-19/h8-14,16-17,23H,6-7H2,1-5H3,(H,24,25)/p+1/t16-,17+/m0/s1. The third-order valence-corrected chi connectivity index (χ3v) is 4.40. The Bertz CT molecular complexity index is 744. The summed E-state index contributed by atoms with van der Waals surface area (Å²) in [7, 11) is 0. The lowest BCUT2D eigenvalue weighted by atomic mass is 10.1. The van der Waals surface area contributed by atoms with Gasteiger partial charge in [-0.25, -0.2) is 0 Å². The number of nitrogens with two attached hydrogens (primary N) is 1. The van der Waals surface area contributed by atoms with E-state index in [4.69, 9.17) is 9.47 Å². The second-order valence-electron chi connectivity index (χ2n) is 6.70. The van der Waals surface area contributed by atoms with Gasteiger partial charge in [-0.3, -0.25) is 4.79 Å². The Morgan fingerprint density at radius 3 is 2.26 bits per heavy atom. The Balaban J connectivity index is 2.02. The maximum atomic E-state index is 12.5. The van der Waals surface area contributed by atoms with Crippen LogP contribution in [0.1, 0.15) is 44.9 Å². The van der Waals surface area contributed by atoms with Crippen molar-refractivity contribution >= 4 is 11.6 Å². The van der Waals surface area contributed by atoms with Crippen molar-refractivity contribution in [1.82, 2.24) is 0 Å². The van der Waals surface area contributed by atoms with Crippen LogP contribution in [-0.2, 0) is 4.79 Å². The highest BCUT2D eigenvalue weighted by Gasteiger charge is 2.21. The molecule has 0 radical (unpaired) electrons. The van der Waals surface area contributed by atoms with Crippen LogP contribution in [0.2, 0.25) is 0 Å². The lowest BCUT2D eigenvalue weighted by Crippen LogP contribution is -2.91. The molecule has 0 unspecified atom stereocenters. The number of amides is 1. The van der Waals surface area contributed by atoms with Gasteiger partial charge in [-0.1, -0.05) is 17.7 Å². The Labute approximate surface area is 162 Å². The normalized spacial score (nSPS) is 12.9. The van der Waals surface area contributed by atoms with Crippen molar-refractivity contribution in [1.29, 1.82) is 0 Å². The maximum absolute atomic E-state index is 12.5. The number of ether oxygens (including phenoxy) is 2. The molecule has 0 aliphatic carbocycles. The zero-order valence-corrected chi connectivity index (χ0v) is 16.9. The van der Waals surface area contributed by atoms with E-state index in [1.165, 1.54) is 5.56 Å². The molecule has 0 aromatic heterocycles. The van der Waals surface area contributed by atoms with Gasteiger partial charge >= 0.3 is 0 Å². The summed E-state index contributed by atoms with van der Waals surface area (Å²) in [6, 6.07) is 13.7. The Morgan fingerprint density at radius 1 is 1.00 bits per heavy atom. The molecule has 2 atom stereocenters. The first-order chi connectivity index (χ1) is 12.9. The van der Waals surface area contributed by atoms with Crippen LogP contribution in [0, 0.1) is 6.92 Å². The average Bonchev–Trinajstić information content (AvgIpc) is 2.65.